The van der Waals surface area contributed by atoms with Gasteiger partial charge in [0.25, 0.3) is 0 Å². The molecule has 0 aromatic heterocycles. The lowest BCUT2D eigenvalue weighted by molar-refractivity contribution is -0.207. The van der Waals surface area contributed by atoms with E-state index in [1.807, 2.05) is 0 Å². The highest BCUT2D eigenvalue weighted by molar-refractivity contribution is 4.59. The number of nitrogens with two attached hydrogens (primary N) is 1. The summed E-state index contributed by atoms with van der Waals surface area (Å²) in [4.78, 5) is 0. The van der Waals surface area contributed by atoms with Crippen molar-refractivity contribution in [1.29, 1.82) is 0 Å². The highest BCUT2D eigenvalue weighted by Crippen LogP contribution is 2.15. The molecule has 92 valence electrons. The van der Waals surface area contributed by atoms with Crippen LogP contribution in [0.15, 0.2) is 0 Å². The summed E-state index contributed by atoms with van der Waals surface area (Å²) in [5, 5.41) is 0. The molecule has 0 bridgehead atoms. The van der Waals surface area contributed by atoms with Crippen LogP contribution in [-0.2, 0) is 9.47 Å². The van der Waals surface area contributed by atoms with Crippen molar-refractivity contribution < 1.29 is 9.47 Å². The van der Waals surface area contributed by atoms with Gasteiger partial charge in [-0.1, -0.05) is 45.4 Å². The zero-order valence-electron chi connectivity index (χ0n) is 10.6. The maximum absolute atomic E-state index is 5.81. The molecule has 0 aliphatic rings. The van der Waals surface area contributed by atoms with Crippen LogP contribution in [0.4, 0.5) is 0 Å². The zero-order valence-corrected chi connectivity index (χ0v) is 10.6. The van der Waals surface area contributed by atoms with Gasteiger partial charge in [-0.15, -0.1) is 0 Å². The van der Waals surface area contributed by atoms with Gasteiger partial charge in [0.05, 0.1) is 0 Å². The molecular weight excluding hydrogens is 190 g/mol. The number of hydrogen-bond acceptors (Lipinski definition) is 3. The summed E-state index contributed by atoms with van der Waals surface area (Å²) in [7, 11) is 3.18. The van der Waals surface area contributed by atoms with Crippen LogP contribution in [0, 0.1) is 0 Å². The minimum absolute atomic E-state index is 0.772. The Kier molecular flexibility index (Phi) is 9.06. The fourth-order valence-electron chi connectivity index (χ4n) is 1.62. The molecule has 0 aromatic carbocycles. The fraction of sp³-hybridized carbons (Fsp3) is 1.00. The van der Waals surface area contributed by atoms with E-state index >= 15 is 0 Å². The number of ether oxygens (including phenoxy) is 2. The highest BCUT2D eigenvalue weighted by Gasteiger charge is 2.22. The van der Waals surface area contributed by atoms with Crippen molar-refractivity contribution in [3.8, 4) is 0 Å². The van der Waals surface area contributed by atoms with E-state index in [9.17, 15) is 0 Å². The minimum atomic E-state index is -0.872. The van der Waals surface area contributed by atoms with Gasteiger partial charge in [-0.2, -0.15) is 0 Å². The van der Waals surface area contributed by atoms with Crippen LogP contribution in [0.3, 0.4) is 0 Å². The second kappa shape index (κ2) is 9.13. The summed E-state index contributed by atoms with van der Waals surface area (Å²) < 4.78 is 10.2. The molecule has 0 saturated carbocycles. The van der Waals surface area contributed by atoms with E-state index < -0.39 is 5.91 Å². The molecule has 0 aliphatic heterocycles. The quantitative estimate of drug-likeness (QED) is 0.452. The topological polar surface area (TPSA) is 44.5 Å². The summed E-state index contributed by atoms with van der Waals surface area (Å²) in [5.41, 5.74) is 5.81. The first-order valence-corrected chi connectivity index (χ1v) is 6.07. The first-order chi connectivity index (χ1) is 7.18. The first kappa shape index (κ1) is 14.9. The molecule has 0 amide bonds. The van der Waals surface area contributed by atoms with Gasteiger partial charge in [0.15, 0.2) is 0 Å². The third-order valence-electron chi connectivity index (χ3n) is 2.82. The Bertz CT molecular complexity index is 136. The lowest BCUT2D eigenvalue weighted by atomic mass is 10.1. The highest BCUT2D eigenvalue weighted by atomic mass is 16.7. The van der Waals surface area contributed by atoms with Gasteiger partial charge in [-0.25, -0.2) is 0 Å². The van der Waals surface area contributed by atoms with Crippen molar-refractivity contribution in [1.82, 2.24) is 0 Å². The normalized spacial score (nSPS) is 12.0. The second-order valence-electron chi connectivity index (χ2n) is 4.09. The van der Waals surface area contributed by atoms with Crippen molar-refractivity contribution in [3.05, 3.63) is 0 Å². The van der Waals surface area contributed by atoms with Crippen LogP contribution in [0.1, 0.15) is 58.3 Å². The van der Waals surface area contributed by atoms with Crippen LogP contribution < -0.4 is 5.73 Å². The molecule has 0 unspecified atom stereocenters. The Hall–Kier alpha value is -0.120. The Morgan fingerprint density at radius 3 is 1.80 bits per heavy atom. The third-order valence-corrected chi connectivity index (χ3v) is 2.82. The summed E-state index contributed by atoms with van der Waals surface area (Å²) in [6, 6.07) is 0. The lowest BCUT2D eigenvalue weighted by Gasteiger charge is -2.25. The second-order valence-corrected chi connectivity index (χ2v) is 4.09. The Labute approximate surface area is 94.3 Å². The number of hydrogen-bond donors (Lipinski definition) is 1. The Morgan fingerprint density at radius 2 is 1.33 bits per heavy atom. The number of rotatable bonds is 10. The third kappa shape index (κ3) is 7.77. The molecule has 0 rings (SSSR count). The van der Waals surface area contributed by atoms with E-state index in [0.717, 1.165) is 12.8 Å². The van der Waals surface area contributed by atoms with Crippen molar-refractivity contribution in [2.24, 2.45) is 5.73 Å². The smallest absolute Gasteiger partial charge is 0.224 e. The average molecular weight is 217 g/mol. The number of unbranched alkanes of at least 4 members (excludes halogenated alkanes) is 6. The van der Waals surface area contributed by atoms with Gasteiger partial charge in [-0.05, 0) is 6.42 Å². The van der Waals surface area contributed by atoms with Crippen LogP contribution in [0.2, 0.25) is 0 Å². The minimum Gasteiger partial charge on any atom is -0.341 e. The van der Waals surface area contributed by atoms with Gasteiger partial charge >= 0.3 is 0 Å². The van der Waals surface area contributed by atoms with Crippen LogP contribution >= 0.6 is 0 Å². The van der Waals surface area contributed by atoms with E-state index in [1.165, 1.54) is 38.5 Å². The van der Waals surface area contributed by atoms with Gasteiger partial charge < -0.3 is 9.47 Å². The molecule has 0 saturated heterocycles. The van der Waals surface area contributed by atoms with Gasteiger partial charge in [0.1, 0.15) is 0 Å². The Balaban J connectivity index is 3.29. The predicted molar refractivity (Wildman–Crippen MR) is 63.5 cm³/mol. The molecular formula is C12H27NO2. The summed E-state index contributed by atoms with van der Waals surface area (Å²) in [5.74, 6) is -0.872. The monoisotopic (exact) mass is 217 g/mol. The SMILES string of the molecule is CCCCCCCCCC(N)(OC)OC. The lowest BCUT2D eigenvalue weighted by Crippen LogP contribution is -2.43. The van der Waals surface area contributed by atoms with E-state index in [0.29, 0.717) is 0 Å². The van der Waals surface area contributed by atoms with Crippen LogP contribution in [0.25, 0.3) is 0 Å². The molecule has 0 fully saturated rings. The van der Waals surface area contributed by atoms with E-state index in [1.54, 1.807) is 14.2 Å². The maximum Gasteiger partial charge on any atom is 0.224 e. The van der Waals surface area contributed by atoms with E-state index in [-0.39, 0.29) is 0 Å². The van der Waals surface area contributed by atoms with Crippen molar-refractivity contribution in [2.45, 2.75) is 64.2 Å². The van der Waals surface area contributed by atoms with Gasteiger partial charge in [-0.3, -0.25) is 5.73 Å². The molecule has 0 atom stereocenters. The number of methoxy groups -OCH3 is 2. The fourth-order valence-corrected chi connectivity index (χ4v) is 1.62. The molecule has 0 radical (unpaired) electrons. The van der Waals surface area contributed by atoms with Crippen molar-refractivity contribution >= 4 is 0 Å². The zero-order chi connectivity index (χ0) is 11.6. The molecule has 0 aromatic rings. The molecule has 0 aliphatic carbocycles. The maximum atomic E-state index is 5.81. The molecule has 3 heteroatoms. The van der Waals surface area contributed by atoms with E-state index in [2.05, 4.69) is 6.92 Å². The summed E-state index contributed by atoms with van der Waals surface area (Å²) in [6.45, 7) is 2.24. The summed E-state index contributed by atoms with van der Waals surface area (Å²) >= 11 is 0. The van der Waals surface area contributed by atoms with Gasteiger partial charge in [0.2, 0.25) is 5.91 Å². The molecule has 2 N–H and O–H groups in total. The van der Waals surface area contributed by atoms with Crippen molar-refractivity contribution in [2.75, 3.05) is 14.2 Å². The largest absolute Gasteiger partial charge is 0.341 e. The predicted octanol–water partition coefficient (Wildman–Crippen LogP) is 3.03. The standard InChI is InChI=1S/C12H27NO2/c1-4-5-6-7-8-9-10-11-12(13,14-2)15-3/h4-11,13H2,1-3H3. The molecule has 3 nitrogen and oxygen atoms in total. The molecule has 0 spiro atoms. The van der Waals surface area contributed by atoms with E-state index in [4.69, 9.17) is 15.2 Å². The van der Waals surface area contributed by atoms with Crippen LogP contribution in [-0.4, -0.2) is 20.1 Å². The average Bonchev–Trinajstić information content (AvgIpc) is 2.27. The van der Waals surface area contributed by atoms with Crippen LogP contribution in [0.5, 0.6) is 0 Å². The van der Waals surface area contributed by atoms with Crippen molar-refractivity contribution in [3.63, 3.8) is 0 Å². The first-order valence-electron chi connectivity index (χ1n) is 6.07. The van der Waals surface area contributed by atoms with Gasteiger partial charge in [0, 0.05) is 20.6 Å². The Morgan fingerprint density at radius 1 is 0.867 bits per heavy atom. The molecule has 15 heavy (non-hydrogen) atoms. The molecule has 0 heterocycles. The summed E-state index contributed by atoms with van der Waals surface area (Å²) in [6.07, 6.45) is 9.72.